The van der Waals surface area contributed by atoms with Crippen molar-refractivity contribution < 1.29 is 28.8 Å². The Bertz CT molecular complexity index is 757. The Labute approximate surface area is 203 Å². The minimum Gasteiger partial charge on any atom is -0.368 e. The Morgan fingerprint density at radius 2 is 1.74 bits per heavy atom. The van der Waals surface area contributed by atoms with Crippen LogP contribution in [-0.2, 0) is 30.1 Å². The molecule has 8 atom stereocenters. The second-order valence-corrected chi connectivity index (χ2v) is 10.2. The first-order valence-corrected chi connectivity index (χ1v) is 13.3. The fourth-order valence-electron chi connectivity index (χ4n) is 5.90. The lowest BCUT2D eigenvalue weighted by atomic mass is 9.90. The molecule has 4 aliphatic rings. The Morgan fingerprint density at radius 3 is 2.47 bits per heavy atom. The van der Waals surface area contributed by atoms with Gasteiger partial charge in [0.25, 0.3) is 0 Å². The van der Waals surface area contributed by atoms with E-state index < -0.39 is 6.29 Å². The Kier molecular flexibility index (Phi) is 8.70. The molecule has 34 heavy (non-hydrogen) atoms. The van der Waals surface area contributed by atoms with Crippen LogP contribution in [0.15, 0.2) is 42.5 Å². The van der Waals surface area contributed by atoms with Crippen molar-refractivity contribution in [3.05, 3.63) is 48.0 Å². The number of aliphatic hydroxyl groups is 1. The molecule has 1 saturated carbocycles. The number of rotatable bonds is 9. The van der Waals surface area contributed by atoms with E-state index >= 15 is 0 Å². The average molecular weight is 473 g/mol. The molecule has 0 aromatic heterocycles. The van der Waals surface area contributed by atoms with Gasteiger partial charge in [0.05, 0.1) is 18.3 Å². The van der Waals surface area contributed by atoms with E-state index in [4.69, 9.17) is 23.7 Å². The monoisotopic (exact) mass is 472 g/mol. The summed E-state index contributed by atoms with van der Waals surface area (Å²) < 4.78 is 30.5. The van der Waals surface area contributed by atoms with Gasteiger partial charge in [-0.1, -0.05) is 42.5 Å². The van der Waals surface area contributed by atoms with Crippen molar-refractivity contribution >= 4 is 0 Å². The summed E-state index contributed by atoms with van der Waals surface area (Å²) in [7, 11) is 0. The number of ether oxygens (including phenoxy) is 5. The molecule has 3 heterocycles. The van der Waals surface area contributed by atoms with Gasteiger partial charge in [0.1, 0.15) is 0 Å². The summed E-state index contributed by atoms with van der Waals surface area (Å²) in [6, 6.07) is 10.6. The number of hydrogen-bond donors (Lipinski definition) is 1. The maximum Gasteiger partial charge on any atom is 0.158 e. The van der Waals surface area contributed by atoms with Gasteiger partial charge in [-0.3, -0.25) is 0 Å². The lowest BCUT2D eigenvalue weighted by molar-refractivity contribution is -0.196. The average Bonchev–Trinajstić information content (AvgIpc) is 3.38. The van der Waals surface area contributed by atoms with Gasteiger partial charge in [-0.05, 0) is 62.8 Å². The molecule has 5 rings (SSSR count). The summed E-state index contributed by atoms with van der Waals surface area (Å²) in [5.74, 6) is 0.448. The summed E-state index contributed by atoms with van der Waals surface area (Å²) in [6.07, 6.45) is 13.4. The van der Waals surface area contributed by atoms with Crippen LogP contribution in [0.5, 0.6) is 0 Å². The number of hydrogen-bond acceptors (Lipinski definition) is 6. The minimum atomic E-state index is -0.668. The minimum absolute atomic E-state index is 0.0267. The largest absolute Gasteiger partial charge is 0.368 e. The van der Waals surface area contributed by atoms with Crippen LogP contribution >= 0.6 is 0 Å². The number of fused-ring (bicyclic) bond motifs is 1. The lowest BCUT2D eigenvalue weighted by Gasteiger charge is -2.30. The maximum absolute atomic E-state index is 10.1. The van der Waals surface area contributed by atoms with Gasteiger partial charge in [-0.2, -0.15) is 0 Å². The summed E-state index contributed by atoms with van der Waals surface area (Å²) in [6.45, 7) is 1.55. The van der Waals surface area contributed by atoms with Crippen molar-refractivity contribution in [2.45, 2.75) is 101 Å². The molecule has 0 amide bonds. The Morgan fingerprint density at radius 1 is 0.971 bits per heavy atom. The van der Waals surface area contributed by atoms with Gasteiger partial charge < -0.3 is 28.8 Å². The summed E-state index contributed by atoms with van der Waals surface area (Å²) in [5, 5.41) is 10.1. The van der Waals surface area contributed by atoms with Crippen molar-refractivity contribution in [2.75, 3.05) is 13.2 Å². The van der Waals surface area contributed by atoms with Crippen LogP contribution in [0.2, 0.25) is 0 Å². The van der Waals surface area contributed by atoms with E-state index in [0.29, 0.717) is 6.42 Å². The molecule has 1 N–H and O–H groups in total. The first-order valence-electron chi connectivity index (χ1n) is 13.3. The summed E-state index contributed by atoms with van der Waals surface area (Å²) in [4.78, 5) is 0. The van der Waals surface area contributed by atoms with Crippen molar-refractivity contribution in [1.82, 2.24) is 0 Å². The fourth-order valence-corrected chi connectivity index (χ4v) is 5.90. The highest BCUT2D eigenvalue weighted by molar-refractivity contribution is 5.15. The first kappa shape index (κ1) is 24.4. The molecule has 0 bridgehead atoms. The van der Waals surface area contributed by atoms with E-state index in [1.165, 1.54) is 5.56 Å². The quantitative estimate of drug-likeness (QED) is 0.524. The number of aliphatic hydroxyl groups excluding tert-OH is 1. The topological polar surface area (TPSA) is 66.4 Å². The van der Waals surface area contributed by atoms with Gasteiger partial charge >= 0.3 is 0 Å². The SMILES string of the molecule is OC1C[C@@H]2[C@@H](/C=C/[C@H](CCc3ccccc3)OC3CCCCO3)[C@@H](OC3CCCCO3)C[C@@H]2O1. The first-order chi connectivity index (χ1) is 16.7. The smallest absolute Gasteiger partial charge is 0.158 e. The van der Waals surface area contributed by atoms with Crippen LogP contribution < -0.4 is 0 Å². The molecule has 4 fully saturated rings. The van der Waals surface area contributed by atoms with Crippen molar-refractivity contribution in [3.8, 4) is 0 Å². The zero-order valence-electron chi connectivity index (χ0n) is 20.1. The normalized spacial score (nSPS) is 37.1. The zero-order valence-corrected chi connectivity index (χ0v) is 20.1. The molecule has 188 valence electrons. The van der Waals surface area contributed by atoms with Crippen molar-refractivity contribution in [2.24, 2.45) is 11.8 Å². The molecule has 3 aliphatic heterocycles. The van der Waals surface area contributed by atoms with Crippen LogP contribution in [0.3, 0.4) is 0 Å². The highest BCUT2D eigenvalue weighted by Gasteiger charge is 2.49. The van der Waals surface area contributed by atoms with Gasteiger partial charge in [0, 0.05) is 32.0 Å². The fraction of sp³-hybridized carbons (Fsp3) is 0.714. The van der Waals surface area contributed by atoms with Crippen LogP contribution in [0.1, 0.15) is 63.4 Å². The predicted molar refractivity (Wildman–Crippen MR) is 128 cm³/mol. The summed E-state index contributed by atoms with van der Waals surface area (Å²) in [5.41, 5.74) is 1.32. The molecule has 0 radical (unpaired) electrons. The van der Waals surface area contributed by atoms with E-state index in [2.05, 4.69) is 42.5 Å². The molecule has 1 aromatic rings. The Balaban J connectivity index is 1.27. The van der Waals surface area contributed by atoms with E-state index in [-0.39, 0.29) is 42.7 Å². The van der Waals surface area contributed by atoms with Crippen LogP contribution in [0, 0.1) is 11.8 Å². The van der Waals surface area contributed by atoms with Crippen molar-refractivity contribution in [1.29, 1.82) is 0 Å². The van der Waals surface area contributed by atoms with Crippen LogP contribution in [0.4, 0.5) is 0 Å². The van der Waals surface area contributed by atoms with Crippen LogP contribution in [0.25, 0.3) is 0 Å². The van der Waals surface area contributed by atoms with Gasteiger partial charge in [-0.25, -0.2) is 0 Å². The van der Waals surface area contributed by atoms with E-state index in [1.54, 1.807) is 0 Å². The third-order valence-electron chi connectivity index (χ3n) is 7.71. The molecule has 0 spiro atoms. The van der Waals surface area contributed by atoms with E-state index in [0.717, 1.165) is 71.0 Å². The molecule has 3 unspecified atom stereocenters. The van der Waals surface area contributed by atoms with Gasteiger partial charge in [0.15, 0.2) is 18.9 Å². The maximum atomic E-state index is 10.1. The highest BCUT2D eigenvalue weighted by atomic mass is 16.7. The molecule has 1 aliphatic carbocycles. The second kappa shape index (κ2) is 12.1. The highest BCUT2D eigenvalue weighted by Crippen LogP contribution is 2.45. The lowest BCUT2D eigenvalue weighted by Crippen LogP contribution is -2.31. The molecule has 6 nitrogen and oxygen atoms in total. The van der Waals surface area contributed by atoms with Crippen molar-refractivity contribution in [3.63, 3.8) is 0 Å². The Hall–Kier alpha value is -1.28. The zero-order chi connectivity index (χ0) is 23.2. The molecule has 6 heteroatoms. The van der Waals surface area contributed by atoms with Gasteiger partial charge in [-0.15, -0.1) is 0 Å². The molecule has 1 aromatic carbocycles. The van der Waals surface area contributed by atoms with E-state index in [9.17, 15) is 5.11 Å². The number of aryl methyl sites for hydroxylation is 1. The van der Waals surface area contributed by atoms with Gasteiger partial charge in [0.2, 0.25) is 0 Å². The molecule has 3 saturated heterocycles. The predicted octanol–water partition coefficient (Wildman–Crippen LogP) is 4.74. The molecular formula is C28H40O6. The molecular weight excluding hydrogens is 432 g/mol. The van der Waals surface area contributed by atoms with Crippen LogP contribution in [-0.4, -0.2) is 55.5 Å². The standard InChI is InChI=1S/C28H40O6/c29-26-18-23-22(24(19-25(23)33-26)34-28-11-5-7-17-31-28)15-14-21(32-27-10-4-6-16-30-27)13-12-20-8-2-1-3-9-20/h1-3,8-9,14-15,21-29H,4-7,10-13,16-19H2/b15-14+/t21-,22+,23+,24-,25-,26?,27?,28?/m0/s1. The third kappa shape index (κ3) is 6.48. The summed E-state index contributed by atoms with van der Waals surface area (Å²) >= 11 is 0. The van der Waals surface area contributed by atoms with E-state index in [1.807, 2.05) is 0 Å². The second-order valence-electron chi connectivity index (χ2n) is 10.2. The third-order valence-corrected chi connectivity index (χ3v) is 7.71. The number of benzene rings is 1.